The first-order valence-electron chi connectivity index (χ1n) is 9.44. The van der Waals surface area contributed by atoms with Crippen LogP contribution >= 0.6 is 0 Å². The number of fused-ring (bicyclic) bond motifs is 3. The maximum atomic E-state index is 13.0. The van der Waals surface area contributed by atoms with E-state index in [2.05, 4.69) is 10.4 Å². The summed E-state index contributed by atoms with van der Waals surface area (Å²) in [4.78, 5) is 14.4. The number of likely N-dealkylation sites (N-methyl/N-ethyl adjacent to an activating group) is 1. The van der Waals surface area contributed by atoms with Gasteiger partial charge in [-0.15, -0.1) is 0 Å². The largest absolute Gasteiger partial charge is 0.389 e. The molecule has 0 aliphatic carbocycles. The highest BCUT2D eigenvalue weighted by molar-refractivity contribution is 6.05. The topological polar surface area (TPSA) is 192 Å². The number of para-hydroxylation sites is 1. The second kappa shape index (κ2) is 6.67. The van der Waals surface area contributed by atoms with E-state index in [1.165, 1.54) is 23.1 Å². The molecule has 1 aromatic carbocycles. The van der Waals surface area contributed by atoms with Gasteiger partial charge in [0.25, 0.3) is 5.91 Å². The summed E-state index contributed by atoms with van der Waals surface area (Å²) in [5, 5.41) is 77.6. The Hall–Kier alpha value is -2.16. The van der Waals surface area contributed by atoms with Crippen molar-refractivity contribution < 1.29 is 40.5 Å². The maximum absolute atomic E-state index is 13.0. The molecule has 2 atom stereocenters. The smallest absolute Gasteiger partial charge is 0.363 e. The molecule has 2 unspecified atom stereocenters. The predicted octanol–water partition coefficient (Wildman–Crippen LogP) is -3.09. The highest BCUT2D eigenvalue weighted by atomic mass is 16.7. The summed E-state index contributed by atoms with van der Waals surface area (Å²) in [6.45, 7) is 0. The third-order valence-corrected chi connectivity index (χ3v) is 6.13. The zero-order chi connectivity index (χ0) is 22.1. The predicted molar refractivity (Wildman–Crippen MR) is 99.1 cm³/mol. The first-order valence-corrected chi connectivity index (χ1v) is 9.44. The number of hydrogen-bond donors (Lipinski definition) is 8. The van der Waals surface area contributed by atoms with Crippen LogP contribution in [0.5, 0.6) is 0 Å². The highest BCUT2D eigenvalue weighted by Crippen LogP contribution is 2.42. The van der Waals surface area contributed by atoms with Crippen molar-refractivity contribution in [1.29, 1.82) is 0 Å². The van der Waals surface area contributed by atoms with Crippen molar-refractivity contribution in [3.05, 3.63) is 30.0 Å². The number of amides is 1. The molecular formula is C18H24N4O8. The number of piperidine rings is 2. The van der Waals surface area contributed by atoms with Crippen LogP contribution in [0.1, 0.15) is 29.8 Å². The van der Waals surface area contributed by atoms with Gasteiger partial charge in [-0.05, 0) is 32.4 Å². The highest BCUT2D eigenvalue weighted by Gasteiger charge is 2.64. The van der Waals surface area contributed by atoms with Crippen molar-refractivity contribution in [2.45, 2.75) is 55.1 Å². The van der Waals surface area contributed by atoms with Crippen molar-refractivity contribution in [2.75, 3.05) is 7.05 Å². The molecule has 2 bridgehead atoms. The van der Waals surface area contributed by atoms with Crippen molar-refractivity contribution >= 4 is 16.8 Å². The number of nitrogens with zero attached hydrogens (tertiary/aromatic N) is 3. The molecule has 2 aliphatic rings. The van der Waals surface area contributed by atoms with Gasteiger partial charge in [-0.25, -0.2) is 0 Å². The zero-order valence-electron chi connectivity index (χ0n) is 16.0. The Balaban J connectivity index is 1.74. The maximum Gasteiger partial charge on any atom is 0.389 e. The van der Waals surface area contributed by atoms with Gasteiger partial charge in [-0.3, -0.25) is 9.69 Å². The molecular weight excluding hydrogens is 400 g/mol. The molecule has 0 saturated carbocycles. The van der Waals surface area contributed by atoms with Crippen molar-refractivity contribution in [2.24, 2.45) is 0 Å². The molecule has 2 fully saturated rings. The van der Waals surface area contributed by atoms with Crippen molar-refractivity contribution in [3.8, 4) is 0 Å². The molecule has 2 aromatic rings. The minimum Gasteiger partial charge on any atom is -0.363 e. The molecule has 2 aliphatic heterocycles. The van der Waals surface area contributed by atoms with Gasteiger partial charge in [-0.1, -0.05) is 18.2 Å². The van der Waals surface area contributed by atoms with Gasteiger partial charge in [0.2, 0.25) is 11.6 Å². The van der Waals surface area contributed by atoms with Crippen molar-refractivity contribution in [3.63, 3.8) is 0 Å². The second-order valence-electron chi connectivity index (χ2n) is 7.98. The number of carbonyl (C=O) groups excluding carboxylic acids is 1. The average molecular weight is 424 g/mol. The van der Waals surface area contributed by atoms with Gasteiger partial charge < -0.3 is 41.1 Å². The van der Waals surface area contributed by atoms with Crippen LogP contribution in [0.25, 0.3) is 10.9 Å². The van der Waals surface area contributed by atoms with E-state index in [0.29, 0.717) is 23.9 Å². The molecule has 30 heavy (non-hydrogen) atoms. The number of rotatable bonds is 3. The Morgan fingerprint density at radius 3 is 2.23 bits per heavy atom. The molecule has 0 spiro atoms. The van der Waals surface area contributed by atoms with Crippen LogP contribution in [-0.4, -0.2) is 93.1 Å². The van der Waals surface area contributed by atoms with Crippen LogP contribution < -0.4 is 5.32 Å². The summed E-state index contributed by atoms with van der Waals surface area (Å²) in [5.41, 5.74) is -0.378. The number of benzene rings is 1. The first kappa shape index (κ1) is 21.1. The SMILES string of the molecule is CN1C2CCCC1C(O)(O)C(NC(=O)c1nn(C(O)(O)O)c3ccccc13)C2(O)O. The summed E-state index contributed by atoms with van der Waals surface area (Å²) < 4.78 is 0.400. The summed E-state index contributed by atoms with van der Waals surface area (Å²) in [7, 11) is 1.55. The molecule has 1 aromatic heterocycles. The molecule has 2 saturated heterocycles. The van der Waals surface area contributed by atoms with E-state index in [1.54, 1.807) is 13.1 Å². The Bertz CT molecular complexity index is 958. The number of nitrogens with one attached hydrogen (secondary N) is 1. The van der Waals surface area contributed by atoms with Gasteiger partial charge in [-0.2, -0.15) is 9.78 Å². The molecule has 4 rings (SSSR count). The van der Waals surface area contributed by atoms with Gasteiger partial charge in [0.05, 0.1) is 17.6 Å². The standard InChI is InChI=1S/C18H24N4O8/c1-21-11-7-4-8-12(21)17(26,27)15(16(11,24)25)19-14(23)13-9-5-2-3-6-10(9)22(20-13)18(28,29)30/h2-3,5-6,11-12,15,24-30H,4,7-8H2,1H3,(H,19,23). The molecule has 1 amide bonds. The molecule has 12 nitrogen and oxygen atoms in total. The molecule has 8 N–H and O–H groups in total. The summed E-state index contributed by atoms with van der Waals surface area (Å²) >= 11 is 0. The van der Waals surface area contributed by atoms with E-state index in [0.717, 1.165) is 0 Å². The van der Waals surface area contributed by atoms with E-state index < -0.39 is 41.7 Å². The monoisotopic (exact) mass is 424 g/mol. The van der Waals surface area contributed by atoms with E-state index in [9.17, 15) is 40.5 Å². The third kappa shape index (κ3) is 3.01. The number of aromatic nitrogens is 2. The van der Waals surface area contributed by atoms with Gasteiger partial charge in [0.15, 0.2) is 5.69 Å². The fourth-order valence-corrected chi connectivity index (χ4v) is 4.73. The molecule has 0 radical (unpaired) electrons. The van der Waals surface area contributed by atoms with Crippen LogP contribution in [0, 0.1) is 0 Å². The van der Waals surface area contributed by atoms with E-state index >= 15 is 0 Å². The normalized spacial score (nSPS) is 28.5. The summed E-state index contributed by atoms with van der Waals surface area (Å²) in [6.07, 6.45) is -2.09. The Kier molecular flexibility index (Phi) is 4.69. The lowest BCUT2D eigenvalue weighted by molar-refractivity contribution is -0.378. The number of hydrogen-bond acceptors (Lipinski definition) is 10. The molecule has 164 valence electrons. The Morgan fingerprint density at radius 1 is 1.10 bits per heavy atom. The quantitative estimate of drug-likeness (QED) is 0.234. The fraction of sp³-hybridized carbons (Fsp3) is 0.556. The Labute approximate surface area is 170 Å². The van der Waals surface area contributed by atoms with Gasteiger partial charge in [0.1, 0.15) is 6.04 Å². The lowest BCUT2D eigenvalue weighted by atomic mass is 9.73. The second-order valence-corrected chi connectivity index (χ2v) is 7.98. The van der Waals surface area contributed by atoms with E-state index in [-0.39, 0.29) is 16.6 Å². The lowest BCUT2D eigenvalue weighted by Gasteiger charge is -2.58. The fourth-order valence-electron chi connectivity index (χ4n) is 4.73. The minimum absolute atomic E-state index is 0.00826. The Morgan fingerprint density at radius 2 is 1.67 bits per heavy atom. The summed E-state index contributed by atoms with van der Waals surface area (Å²) in [5.74, 6) is -6.36. The molecule has 12 heteroatoms. The zero-order valence-corrected chi connectivity index (χ0v) is 16.0. The first-order chi connectivity index (χ1) is 13.9. The van der Waals surface area contributed by atoms with Gasteiger partial charge >= 0.3 is 6.10 Å². The lowest BCUT2D eigenvalue weighted by Crippen LogP contribution is -2.82. The molecule has 3 heterocycles. The summed E-state index contributed by atoms with van der Waals surface area (Å²) in [6, 6.07) is 2.30. The van der Waals surface area contributed by atoms with Gasteiger partial charge in [0, 0.05) is 5.39 Å². The minimum atomic E-state index is -3.39. The van der Waals surface area contributed by atoms with Crippen LogP contribution in [0.2, 0.25) is 0 Å². The number of aliphatic hydroxyl groups is 7. The third-order valence-electron chi connectivity index (χ3n) is 6.13. The van der Waals surface area contributed by atoms with E-state index in [4.69, 9.17) is 0 Å². The van der Waals surface area contributed by atoms with Crippen LogP contribution in [0.4, 0.5) is 0 Å². The van der Waals surface area contributed by atoms with Crippen molar-refractivity contribution in [1.82, 2.24) is 20.0 Å². The van der Waals surface area contributed by atoms with E-state index in [1.807, 2.05) is 0 Å². The average Bonchev–Trinajstić information content (AvgIpc) is 3.05. The number of carbonyl (C=O) groups is 1. The van der Waals surface area contributed by atoms with Crippen LogP contribution in [0.15, 0.2) is 24.3 Å². The van der Waals surface area contributed by atoms with Crippen LogP contribution in [0.3, 0.4) is 0 Å². The van der Waals surface area contributed by atoms with Crippen LogP contribution in [-0.2, 0) is 6.10 Å².